The molecule has 28 heavy (non-hydrogen) atoms. The first-order valence-electron chi connectivity index (χ1n) is 9.41. The molecule has 3 aromatic rings. The van der Waals surface area contributed by atoms with E-state index in [0.717, 1.165) is 24.3 Å². The molecule has 0 radical (unpaired) electrons. The minimum Gasteiger partial charge on any atom is -0.494 e. The van der Waals surface area contributed by atoms with E-state index in [1.165, 1.54) is 5.56 Å². The maximum absolute atomic E-state index is 12.2. The summed E-state index contributed by atoms with van der Waals surface area (Å²) in [7, 11) is 1.80. The molecule has 0 unspecified atom stereocenters. The summed E-state index contributed by atoms with van der Waals surface area (Å²) in [5.41, 5.74) is 2.27. The van der Waals surface area contributed by atoms with E-state index < -0.39 is 0 Å². The minimum absolute atomic E-state index is 0.0813. The van der Waals surface area contributed by atoms with Crippen LogP contribution in [0.2, 0.25) is 0 Å². The van der Waals surface area contributed by atoms with Gasteiger partial charge in [-0.3, -0.25) is 0 Å². The molecule has 0 spiro atoms. The quantitative estimate of drug-likeness (QED) is 0.580. The predicted octanol–water partition coefficient (Wildman–Crippen LogP) is 3.54. The second kappa shape index (κ2) is 10.2. The molecule has 146 valence electrons. The smallest absolute Gasteiger partial charge is 0.317 e. The molecular weight excluding hydrogens is 352 g/mol. The van der Waals surface area contributed by atoms with Crippen molar-refractivity contribution in [1.29, 1.82) is 0 Å². The van der Waals surface area contributed by atoms with Crippen molar-refractivity contribution < 1.29 is 9.53 Å². The van der Waals surface area contributed by atoms with Gasteiger partial charge in [0.15, 0.2) is 0 Å². The Labute approximate surface area is 165 Å². The van der Waals surface area contributed by atoms with E-state index in [-0.39, 0.29) is 6.03 Å². The maximum Gasteiger partial charge on any atom is 0.317 e. The van der Waals surface area contributed by atoms with Crippen LogP contribution in [0.5, 0.6) is 5.75 Å². The molecule has 6 heteroatoms. The van der Waals surface area contributed by atoms with Gasteiger partial charge in [-0.2, -0.15) is 0 Å². The van der Waals surface area contributed by atoms with Gasteiger partial charge < -0.3 is 19.5 Å². The van der Waals surface area contributed by atoms with E-state index in [0.29, 0.717) is 19.7 Å². The molecule has 1 aromatic heterocycles. The van der Waals surface area contributed by atoms with E-state index in [2.05, 4.69) is 22.4 Å². The van der Waals surface area contributed by atoms with Crippen molar-refractivity contribution in [2.24, 2.45) is 0 Å². The summed E-state index contributed by atoms with van der Waals surface area (Å²) in [6.45, 7) is 2.53. The van der Waals surface area contributed by atoms with Gasteiger partial charge in [0, 0.05) is 39.1 Å². The summed E-state index contributed by atoms with van der Waals surface area (Å²) in [6.07, 6.45) is 6.29. The zero-order valence-corrected chi connectivity index (χ0v) is 16.1. The van der Waals surface area contributed by atoms with E-state index in [1.54, 1.807) is 24.5 Å². The SMILES string of the molecule is CN(CCCOc1ccccc1)C(=O)NCc1ccc(Cn2ccnc2)cc1. The highest BCUT2D eigenvalue weighted by Crippen LogP contribution is 2.09. The van der Waals surface area contributed by atoms with Crippen molar-refractivity contribution in [2.45, 2.75) is 19.5 Å². The largest absolute Gasteiger partial charge is 0.494 e. The number of hydrogen-bond acceptors (Lipinski definition) is 3. The Morgan fingerprint density at radius 1 is 1.11 bits per heavy atom. The average molecular weight is 378 g/mol. The molecule has 0 saturated carbocycles. The lowest BCUT2D eigenvalue weighted by Crippen LogP contribution is -2.37. The summed E-state index contributed by atoms with van der Waals surface area (Å²) in [5, 5.41) is 2.95. The molecular formula is C22H26N4O2. The molecule has 0 bridgehead atoms. The molecule has 0 aliphatic carbocycles. The normalized spacial score (nSPS) is 10.5. The standard InChI is InChI=1S/C22H26N4O2/c1-25(13-5-15-28-21-6-3-2-4-7-21)22(27)24-16-19-8-10-20(11-9-19)17-26-14-12-23-18-26/h2-4,6-12,14,18H,5,13,15-17H2,1H3,(H,24,27). The predicted molar refractivity (Wildman–Crippen MR) is 109 cm³/mol. The van der Waals surface area contributed by atoms with Crippen LogP contribution in [0, 0.1) is 0 Å². The Hall–Kier alpha value is -3.28. The lowest BCUT2D eigenvalue weighted by atomic mass is 10.1. The van der Waals surface area contributed by atoms with Gasteiger partial charge in [-0.05, 0) is 29.7 Å². The van der Waals surface area contributed by atoms with E-state index in [4.69, 9.17) is 4.74 Å². The molecule has 0 atom stereocenters. The first-order valence-corrected chi connectivity index (χ1v) is 9.41. The molecule has 0 aliphatic heterocycles. The van der Waals surface area contributed by atoms with Gasteiger partial charge in [0.1, 0.15) is 5.75 Å². The zero-order valence-electron chi connectivity index (χ0n) is 16.1. The molecule has 2 amide bonds. The second-order valence-corrected chi connectivity index (χ2v) is 6.65. The van der Waals surface area contributed by atoms with Crippen molar-refractivity contribution >= 4 is 6.03 Å². The minimum atomic E-state index is -0.0813. The molecule has 1 N–H and O–H groups in total. The lowest BCUT2D eigenvalue weighted by molar-refractivity contribution is 0.203. The number of amides is 2. The van der Waals surface area contributed by atoms with Gasteiger partial charge in [0.25, 0.3) is 0 Å². The van der Waals surface area contributed by atoms with Crippen LogP contribution >= 0.6 is 0 Å². The monoisotopic (exact) mass is 378 g/mol. The van der Waals surface area contributed by atoms with Gasteiger partial charge in [0.2, 0.25) is 0 Å². The molecule has 6 nitrogen and oxygen atoms in total. The van der Waals surface area contributed by atoms with Crippen LogP contribution in [0.1, 0.15) is 17.5 Å². The van der Waals surface area contributed by atoms with Crippen LogP contribution in [0.4, 0.5) is 4.79 Å². The van der Waals surface area contributed by atoms with Gasteiger partial charge in [-0.25, -0.2) is 9.78 Å². The topological polar surface area (TPSA) is 59.4 Å². The highest BCUT2D eigenvalue weighted by molar-refractivity contribution is 5.73. The van der Waals surface area contributed by atoms with E-state index in [1.807, 2.05) is 53.2 Å². The molecule has 2 aromatic carbocycles. The lowest BCUT2D eigenvalue weighted by Gasteiger charge is -2.18. The number of urea groups is 1. The third-order valence-electron chi connectivity index (χ3n) is 4.39. The Morgan fingerprint density at radius 2 is 1.86 bits per heavy atom. The number of nitrogens with zero attached hydrogens (tertiary/aromatic N) is 3. The van der Waals surface area contributed by atoms with Gasteiger partial charge in [-0.1, -0.05) is 42.5 Å². The fourth-order valence-corrected chi connectivity index (χ4v) is 2.78. The second-order valence-electron chi connectivity index (χ2n) is 6.65. The molecule has 0 saturated heterocycles. The third-order valence-corrected chi connectivity index (χ3v) is 4.39. The Kier molecular flexibility index (Phi) is 7.07. The molecule has 0 aliphatic rings. The van der Waals surface area contributed by atoms with Crippen LogP contribution in [0.3, 0.4) is 0 Å². The number of hydrogen-bond donors (Lipinski definition) is 1. The summed E-state index contributed by atoms with van der Waals surface area (Å²) < 4.78 is 7.67. The number of carbonyl (C=O) groups excluding carboxylic acids is 1. The Morgan fingerprint density at radius 3 is 2.57 bits per heavy atom. The summed E-state index contributed by atoms with van der Waals surface area (Å²) >= 11 is 0. The van der Waals surface area contributed by atoms with Crippen LogP contribution in [-0.2, 0) is 13.1 Å². The van der Waals surface area contributed by atoms with Gasteiger partial charge in [0.05, 0.1) is 12.9 Å². The molecule has 1 heterocycles. The van der Waals surface area contributed by atoms with Gasteiger partial charge in [-0.15, -0.1) is 0 Å². The van der Waals surface area contributed by atoms with Crippen LogP contribution < -0.4 is 10.1 Å². The Balaban J connectivity index is 1.34. The van der Waals surface area contributed by atoms with Crippen molar-refractivity contribution in [3.63, 3.8) is 0 Å². The van der Waals surface area contributed by atoms with E-state index in [9.17, 15) is 4.79 Å². The number of carbonyl (C=O) groups is 1. The highest BCUT2D eigenvalue weighted by atomic mass is 16.5. The highest BCUT2D eigenvalue weighted by Gasteiger charge is 2.08. The van der Waals surface area contributed by atoms with Crippen molar-refractivity contribution in [3.8, 4) is 5.75 Å². The summed E-state index contributed by atoms with van der Waals surface area (Å²) in [5.74, 6) is 0.853. The van der Waals surface area contributed by atoms with Crippen LogP contribution in [-0.4, -0.2) is 40.7 Å². The first-order chi connectivity index (χ1) is 13.7. The molecule has 0 fully saturated rings. The van der Waals surface area contributed by atoms with Crippen molar-refractivity contribution in [1.82, 2.24) is 19.8 Å². The fraction of sp³-hybridized carbons (Fsp3) is 0.273. The number of nitrogens with one attached hydrogen (secondary N) is 1. The number of rotatable bonds is 9. The summed E-state index contributed by atoms with van der Waals surface area (Å²) in [6, 6.07) is 17.9. The maximum atomic E-state index is 12.2. The zero-order chi connectivity index (χ0) is 19.6. The number of ether oxygens (including phenoxy) is 1. The summed E-state index contributed by atoms with van der Waals surface area (Å²) in [4.78, 5) is 18.0. The number of imidazole rings is 1. The first kappa shape index (κ1) is 19.5. The Bertz CT molecular complexity index is 833. The van der Waals surface area contributed by atoms with Crippen LogP contribution in [0.25, 0.3) is 0 Å². The van der Waals surface area contributed by atoms with Crippen LogP contribution in [0.15, 0.2) is 73.3 Å². The fourth-order valence-electron chi connectivity index (χ4n) is 2.78. The van der Waals surface area contributed by atoms with Crippen molar-refractivity contribution in [2.75, 3.05) is 20.2 Å². The van der Waals surface area contributed by atoms with Gasteiger partial charge >= 0.3 is 6.03 Å². The van der Waals surface area contributed by atoms with Crippen molar-refractivity contribution in [3.05, 3.63) is 84.4 Å². The van der Waals surface area contributed by atoms with E-state index >= 15 is 0 Å². The average Bonchev–Trinajstić information content (AvgIpc) is 3.24. The number of benzene rings is 2. The third kappa shape index (κ3) is 6.16. The molecule has 3 rings (SSSR count). The number of aromatic nitrogens is 2. The number of para-hydroxylation sites is 1.